The van der Waals surface area contributed by atoms with Crippen LogP contribution >= 0.6 is 0 Å². The van der Waals surface area contributed by atoms with E-state index in [2.05, 4.69) is 23.8 Å². The standard InChI is InChI=1S/C11H22N2O/c1-3-4-5-6-12-9-11-10-13(2)7-8-14-11/h3,11-12H,1,4-10H2,2H3. The summed E-state index contributed by atoms with van der Waals surface area (Å²) in [5.41, 5.74) is 0. The molecule has 0 saturated carbocycles. The minimum absolute atomic E-state index is 0.373. The molecule has 0 radical (unpaired) electrons. The largest absolute Gasteiger partial charge is 0.374 e. The van der Waals surface area contributed by atoms with Gasteiger partial charge in [0.05, 0.1) is 12.7 Å². The van der Waals surface area contributed by atoms with Gasteiger partial charge in [-0.1, -0.05) is 6.08 Å². The number of nitrogens with zero attached hydrogens (tertiary/aromatic N) is 1. The number of morpholine rings is 1. The number of rotatable bonds is 6. The van der Waals surface area contributed by atoms with Crippen LogP contribution in [0.15, 0.2) is 12.7 Å². The van der Waals surface area contributed by atoms with E-state index in [1.165, 1.54) is 6.42 Å². The molecule has 14 heavy (non-hydrogen) atoms. The topological polar surface area (TPSA) is 24.5 Å². The normalized spacial score (nSPS) is 23.6. The molecule has 3 nitrogen and oxygen atoms in total. The molecule has 0 aromatic heterocycles. The van der Waals surface area contributed by atoms with E-state index in [-0.39, 0.29) is 0 Å². The maximum absolute atomic E-state index is 5.63. The van der Waals surface area contributed by atoms with Crippen molar-refractivity contribution in [2.24, 2.45) is 0 Å². The minimum Gasteiger partial charge on any atom is -0.374 e. The molecule has 0 aromatic carbocycles. The Balaban J connectivity index is 1.97. The number of likely N-dealkylation sites (N-methyl/N-ethyl adjacent to an activating group) is 1. The predicted octanol–water partition coefficient (Wildman–Crippen LogP) is 0.873. The van der Waals surface area contributed by atoms with E-state index in [0.29, 0.717) is 6.10 Å². The molecule has 1 fully saturated rings. The number of hydrogen-bond donors (Lipinski definition) is 1. The van der Waals surface area contributed by atoms with Gasteiger partial charge < -0.3 is 15.0 Å². The zero-order valence-corrected chi connectivity index (χ0v) is 9.17. The van der Waals surface area contributed by atoms with Crippen molar-refractivity contribution in [1.82, 2.24) is 10.2 Å². The van der Waals surface area contributed by atoms with Crippen molar-refractivity contribution in [2.45, 2.75) is 18.9 Å². The second-order valence-electron chi connectivity index (χ2n) is 3.89. The van der Waals surface area contributed by atoms with Crippen LogP contribution in [0.4, 0.5) is 0 Å². The lowest BCUT2D eigenvalue weighted by atomic mass is 10.2. The van der Waals surface area contributed by atoms with Crippen LogP contribution in [0.3, 0.4) is 0 Å². The summed E-state index contributed by atoms with van der Waals surface area (Å²) >= 11 is 0. The van der Waals surface area contributed by atoms with Crippen LogP contribution in [0.1, 0.15) is 12.8 Å². The first kappa shape index (κ1) is 11.7. The van der Waals surface area contributed by atoms with Crippen LogP contribution in [-0.4, -0.2) is 50.8 Å². The fourth-order valence-electron chi connectivity index (χ4n) is 1.62. The molecule has 0 bridgehead atoms. The summed E-state index contributed by atoms with van der Waals surface area (Å²) in [5, 5.41) is 3.41. The van der Waals surface area contributed by atoms with Crippen molar-refractivity contribution >= 4 is 0 Å². The first-order valence-electron chi connectivity index (χ1n) is 5.44. The van der Waals surface area contributed by atoms with E-state index in [9.17, 15) is 0 Å². The highest BCUT2D eigenvalue weighted by Crippen LogP contribution is 2.01. The average molecular weight is 198 g/mol. The zero-order chi connectivity index (χ0) is 10.2. The summed E-state index contributed by atoms with van der Waals surface area (Å²) in [4.78, 5) is 2.32. The lowest BCUT2D eigenvalue weighted by Gasteiger charge is -2.30. The van der Waals surface area contributed by atoms with E-state index in [4.69, 9.17) is 4.74 Å². The van der Waals surface area contributed by atoms with E-state index in [1.54, 1.807) is 0 Å². The Labute approximate surface area is 87.1 Å². The van der Waals surface area contributed by atoms with E-state index in [1.807, 2.05) is 6.08 Å². The Hall–Kier alpha value is -0.380. The molecule has 1 unspecified atom stereocenters. The third-order valence-electron chi connectivity index (χ3n) is 2.48. The second kappa shape index (κ2) is 6.98. The van der Waals surface area contributed by atoms with Crippen LogP contribution in [-0.2, 0) is 4.74 Å². The molecule has 1 atom stereocenters. The minimum atomic E-state index is 0.373. The van der Waals surface area contributed by atoms with Crippen molar-refractivity contribution in [3.8, 4) is 0 Å². The molecule has 3 heteroatoms. The number of ether oxygens (including phenoxy) is 1. The second-order valence-corrected chi connectivity index (χ2v) is 3.89. The first-order chi connectivity index (χ1) is 6.83. The molecule has 0 aliphatic carbocycles. The molecular weight excluding hydrogens is 176 g/mol. The molecule has 1 N–H and O–H groups in total. The molecule has 1 aliphatic rings. The van der Waals surface area contributed by atoms with Gasteiger partial charge in [0.25, 0.3) is 0 Å². The molecular formula is C11H22N2O. The smallest absolute Gasteiger partial charge is 0.0826 e. The third kappa shape index (κ3) is 4.74. The molecule has 1 aliphatic heterocycles. The summed E-state index contributed by atoms with van der Waals surface area (Å²) in [5.74, 6) is 0. The Morgan fingerprint density at radius 2 is 2.50 bits per heavy atom. The van der Waals surface area contributed by atoms with Crippen molar-refractivity contribution < 1.29 is 4.74 Å². The molecule has 1 saturated heterocycles. The van der Waals surface area contributed by atoms with Crippen molar-refractivity contribution in [2.75, 3.05) is 39.8 Å². The van der Waals surface area contributed by atoms with Crippen LogP contribution in [0.25, 0.3) is 0 Å². The third-order valence-corrected chi connectivity index (χ3v) is 2.48. The lowest BCUT2D eigenvalue weighted by molar-refractivity contribution is -0.0179. The Bertz CT molecular complexity index is 161. The Kier molecular flexibility index (Phi) is 5.83. The van der Waals surface area contributed by atoms with Gasteiger partial charge >= 0.3 is 0 Å². The quantitative estimate of drug-likeness (QED) is 0.506. The monoisotopic (exact) mass is 198 g/mol. The van der Waals surface area contributed by atoms with Crippen molar-refractivity contribution in [3.63, 3.8) is 0 Å². The van der Waals surface area contributed by atoms with Gasteiger partial charge in [0.15, 0.2) is 0 Å². The van der Waals surface area contributed by atoms with Crippen LogP contribution < -0.4 is 5.32 Å². The number of allylic oxidation sites excluding steroid dienone is 1. The van der Waals surface area contributed by atoms with Crippen LogP contribution in [0, 0.1) is 0 Å². The highest BCUT2D eigenvalue weighted by atomic mass is 16.5. The fourth-order valence-corrected chi connectivity index (χ4v) is 1.62. The van der Waals surface area contributed by atoms with E-state index in [0.717, 1.165) is 39.2 Å². The molecule has 1 heterocycles. The Morgan fingerprint density at radius 1 is 1.64 bits per heavy atom. The zero-order valence-electron chi connectivity index (χ0n) is 9.17. The summed E-state index contributed by atoms with van der Waals surface area (Å²) in [6, 6.07) is 0. The summed E-state index contributed by atoms with van der Waals surface area (Å²) in [6.07, 6.45) is 4.61. The van der Waals surface area contributed by atoms with Crippen LogP contribution in [0.5, 0.6) is 0 Å². The lowest BCUT2D eigenvalue weighted by Crippen LogP contribution is -2.44. The number of nitrogens with one attached hydrogen (secondary N) is 1. The maximum atomic E-state index is 5.63. The number of hydrogen-bond acceptors (Lipinski definition) is 3. The highest BCUT2D eigenvalue weighted by Gasteiger charge is 2.16. The summed E-state index contributed by atoms with van der Waals surface area (Å²) in [6.45, 7) is 8.72. The van der Waals surface area contributed by atoms with Gasteiger partial charge in [-0.05, 0) is 26.4 Å². The Morgan fingerprint density at radius 3 is 3.21 bits per heavy atom. The van der Waals surface area contributed by atoms with Gasteiger partial charge in [-0.25, -0.2) is 0 Å². The van der Waals surface area contributed by atoms with E-state index < -0.39 is 0 Å². The highest BCUT2D eigenvalue weighted by molar-refractivity contribution is 4.72. The maximum Gasteiger partial charge on any atom is 0.0826 e. The van der Waals surface area contributed by atoms with Gasteiger partial charge in [0, 0.05) is 19.6 Å². The molecule has 0 spiro atoms. The van der Waals surface area contributed by atoms with Gasteiger partial charge in [-0.2, -0.15) is 0 Å². The summed E-state index contributed by atoms with van der Waals surface area (Å²) < 4.78 is 5.63. The average Bonchev–Trinajstić information content (AvgIpc) is 2.18. The van der Waals surface area contributed by atoms with Crippen molar-refractivity contribution in [3.05, 3.63) is 12.7 Å². The molecule has 1 rings (SSSR count). The van der Waals surface area contributed by atoms with Crippen LogP contribution in [0.2, 0.25) is 0 Å². The van der Waals surface area contributed by atoms with Crippen molar-refractivity contribution in [1.29, 1.82) is 0 Å². The summed E-state index contributed by atoms with van der Waals surface area (Å²) in [7, 11) is 2.15. The van der Waals surface area contributed by atoms with Gasteiger partial charge in [-0.15, -0.1) is 6.58 Å². The molecule has 0 aromatic rings. The fraction of sp³-hybridized carbons (Fsp3) is 0.818. The van der Waals surface area contributed by atoms with E-state index >= 15 is 0 Å². The van der Waals surface area contributed by atoms with Gasteiger partial charge in [0.2, 0.25) is 0 Å². The number of unbranched alkanes of at least 4 members (excludes halogenated alkanes) is 1. The first-order valence-corrected chi connectivity index (χ1v) is 5.44. The van der Waals surface area contributed by atoms with Gasteiger partial charge in [-0.3, -0.25) is 0 Å². The molecule has 0 amide bonds. The molecule has 82 valence electrons. The SMILES string of the molecule is C=CCCCNCC1CN(C)CCO1. The predicted molar refractivity (Wildman–Crippen MR) is 59.5 cm³/mol. The van der Waals surface area contributed by atoms with Gasteiger partial charge in [0.1, 0.15) is 0 Å².